The van der Waals surface area contributed by atoms with E-state index in [2.05, 4.69) is 68.6 Å². The van der Waals surface area contributed by atoms with Gasteiger partial charge in [0.15, 0.2) is 0 Å². The Morgan fingerprint density at radius 3 is 2.25 bits per heavy atom. The van der Waals surface area contributed by atoms with Crippen molar-refractivity contribution < 1.29 is 0 Å². The highest BCUT2D eigenvalue weighted by molar-refractivity contribution is 5.86. The monoisotopic (exact) mass is 262 g/mol. The number of anilines is 2. The second kappa shape index (κ2) is 4.97. The Kier molecular flexibility index (Phi) is 3.15. The third kappa shape index (κ3) is 2.25. The molecule has 0 amide bonds. The summed E-state index contributed by atoms with van der Waals surface area (Å²) in [5, 5.41) is 4.64. The van der Waals surface area contributed by atoms with Crippen LogP contribution < -0.4 is 5.32 Å². The fourth-order valence-corrected chi connectivity index (χ4v) is 2.37. The molecule has 0 radical (unpaired) electrons. The van der Waals surface area contributed by atoms with Gasteiger partial charge in [-0.25, -0.2) is 4.98 Å². The zero-order chi connectivity index (χ0) is 14.1. The molecule has 0 spiro atoms. The number of para-hydroxylation sites is 1. The van der Waals surface area contributed by atoms with Crippen LogP contribution in [-0.2, 0) is 0 Å². The molecule has 0 aliphatic carbocycles. The smallest absolute Gasteiger partial charge is 0.134 e. The molecule has 0 aliphatic heterocycles. The van der Waals surface area contributed by atoms with Gasteiger partial charge in [0.25, 0.3) is 0 Å². The van der Waals surface area contributed by atoms with Crippen molar-refractivity contribution in [2.45, 2.75) is 20.8 Å². The molecule has 3 aromatic rings. The van der Waals surface area contributed by atoms with Crippen LogP contribution in [-0.4, -0.2) is 4.98 Å². The maximum Gasteiger partial charge on any atom is 0.134 e. The fourth-order valence-electron chi connectivity index (χ4n) is 2.37. The van der Waals surface area contributed by atoms with Crippen LogP contribution in [0.4, 0.5) is 11.5 Å². The molecule has 1 aromatic heterocycles. The summed E-state index contributed by atoms with van der Waals surface area (Å²) in [4.78, 5) is 4.74. The first kappa shape index (κ1) is 12.7. The zero-order valence-corrected chi connectivity index (χ0v) is 12.1. The quantitative estimate of drug-likeness (QED) is 0.710. The molecular formula is C18H18N2. The molecule has 3 rings (SSSR count). The van der Waals surface area contributed by atoms with Crippen molar-refractivity contribution in [1.82, 2.24) is 4.98 Å². The van der Waals surface area contributed by atoms with Crippen molar-refractivity contribution >= 4 is 22.4 Å². The van der Waals surface area contributed by atoms with E-state index in [1.807, 2.05) is 6.07 Å². The minimum atomic E-state index is 0.935. The molecule has 1 heterocycles. The van der Waals surface area contributed by atoms with Crippen molar-refractivity contribution in [3.63, 3.8) is 0 Å². The number of aryl methyl sites for hydroxylation is 2. The third-order valence-corrected chi connectivity index (χ3v) is 3.77. The Bertz CT molecular complexity index is 758. The van der Waals surface area contributed by atoms with Gasteiger partial charge in [-0.05, 0) is 50.1 Å². The lowest BCUT2D eigenvalue weighted by molar-refractivity contribution is 1.26. The Hall–Kier alpha value is -2.35. The van der Waals surface area contributed by atoms with Gasteiger partial charge >= 0.3 is 0 Å². The number of nitrogens with zero attached hydrogens (tertiary/aromatic N) is 1. The summed E-state index contributed by atoms with van der Waals surface area (Å²) in [5.74, 6) is 0.935. The van der Waals surface area contributed by atoms with E-state index < -0.39 is 0 Å². The molecule has 0 fully saturated rings. The second-order valence-corrected chi connectivity index (χ2v) is 5.22. The lowest BCUT2D eigenvalue weighted by atomic mass is 10.0. The van der Waals surface area contributed by atoms with Crippen molar-refractivity contribution in [1.29, 1.82) is 0 Å². The van der Waals surface area contributed by atoms with E-state index in [9.17, 15) is 0 Å². The van der Waals surface area contributed by atoms with Crippen molar-refractivity contribution in [2.24, 2.45) is 0 Å². The lowest BCUT2D eigenvalue weighted by Crippen LogP contribution is -1.99. The molecule has 2 nitrogen and oxygen atoms in total. The largest absolute Gasteiger partial charge is 0.340 e. The summed E-state index contributed by atoms with van der Waals surface area (Å²) in [6, 6.07) is 16.6. The van der Waals surface area contributed by atoms with Crippen LogP contribution in [0, 0.1) is 20.8 Å². The van der Waals surface area contributed by atoms with Crippen LogP contribution in [0.2, 0.25) is 0 Å². The van der Waals surface area contributed by atoms with E-state index >= 15 is 0 Å². The van der Waals surface area contributed by atoms with Gasteiger partial charge in [-0.15, -0.1) is 0 Å². The summed E-state index contributed by atoms with van der Waals surface area (Å²) in [7, 11) is 0. The molecule has 0 bridgehead atoms. The van der Waals surface area contributed by atoms with Gasteiger partial charge in [0, 0.05) is 11.1 Å². The number of fused-ring (bicyclic) bond motifs is 1. The van der Waals surface area contributed by atoms with Gasteiger partial charge in [-0.3, -0.25) is 0 Å². The minimum Gasteiger partial charge on any atom is -0.340 e. The molecular weight excluding hydrogens is 244 g/mol. The number of benzene rings is 2. The number of hydrogen-bond acceptors (Lipinski definition) is 2. The SMILES string of the molecule is Cc1ccc(Nc2nc3ccccc3c(C)c2C)cc1. The number of nitrogens with one attached hydrogen (secondary N) is 1. The average Bonchev–Trinajstić information content (AvgIpc) is 2.47. The molecule has 2 heteroatoms. The predicted molar refractivity (Wildman–Crippen MR) is 85.7 cm³/mol. The normalized spacial score (nSPS) is 10.8. The van der Waals surface area contributed by atoms with E-state index in [4.69, 9.17) is 4.98 Å². The number of rotatable bonds is 2. The highest BCUT2D eigenvalue weighted by Crippen LogP contribution is 2.27. The van der Waals surface area contributed by atoms with Crippen LogP contribution in [0.25, 0.3) is 10.9 Å². The topological polar surface area (TPSA) is 24.9 Å². The summed E-state index contributed by atoms with van der Waals surface area (Å²) in [6.45, 7) is 6.36. The molecule has 1 N–H and O–H groups in total. The lowest BCUT2D eigenvalue weighted by Gasteiger charge is -2.13. The fraction of sp³-hybridized carbons (Fsp3) is 0.167. The number of hydrogen-bond donors (Lipinski definition) is 1. The van der Waals surface area contributed by atoms with Crippen LogP contribution >= 0.6 is 0 Å². The van der Waals surface area contributed by atoms with E-state index in [-0.39, 0.29) is 0 Å². The summed E-state index contributed by atoms with van der Waals surface area (Å²) >= 11 is 0. The van der Waals surface area contributed by atoms with Crippen molar-refractivity contribution in [3.05, 3.63) is 65.2 Å². The van der Waals surface area contributed by atoms with E-state index in [0.717, 1.165) is 17.0 Å². The molecule has 0 unspecified atom stereocenters. The molecule has 0 saturated heterocycles. The second-order valence-electron chi connectivity index (χ2n) is 5.22. The highest BCUT2D eigenvalue weighted by atomic mass is 15.0. The Labute approximate surface area is 119 Å². The van der Waals surface area contributed by atoms with E-state index in [1.165, 1.54) is 22.1 Å². The van der Waals surface area contributed by atoms with Crippen molar-refractivity contribution in [3.8, 4) is 0 Å². The molecule has 0 aliphatic rings. The van der Waals surface area contributed by atoms with Gasteiger partial charge in [0.1, 0.15) is 5.82 Å². The maximum absolute atomic E-state index is 4.74. The standard InChI is InChI=1S/C18H18N2/c1-12-8-10-15(11-9-12)19-18-14(3)13(2)16-6-4-5-7-17(16)20-18/h4-11H,1-3H3,(H,19,20). The van der Waals surface area contributed by atoms with E-state index in [0.29, 0.717) is 0 Å². The van der Waals surface area contributed by atoms with E-state index in [1.54, 1.807) is 0 Å². The zero-order valence-electron chi connectivity index (χ0n) is 12.1. The van der Waals surface area contributed by atoms with Crippen LogP contribution in [0.15, 0.2) is 48.5 Å². The Morgan fingerprint density at radius 2 is 1.50 bits per heavy atom. The Balaban J connectivity index is 2.07. The molecule has 100 valence electrons. The highest BCUT2D eigenvalue weighted by Gasteiger charge is 2.08. The minimum absolute atomic E-state index is 0.935. The van der Waals surface area contributed by atoms with Gasteiger partial charge in [-0.1, -0.05) is 35.9 Å². The van der Waals surface area contributed by atoms with Crippen molar-refractivity contribution in [2.75, 3.05) is 5.32 Å². The molecule has 2 aromatic carbocycles. The number of pyridine rings is 1. The van der Waals surface area contributed by atoms with Gasteiger partial charge in [0.05, 0.1) is 5.52 Å². The van der Waals surface area contributed by atoms with Crippen LogP contribution in [0.3, 0.4) is 0 Å². The molecule has 20 heavy (non-hydrogen) atoms. The number of aromatic nitrogens is 1. The average molecular weight is 262 g/mol. The first-order valence-electron chi connectivity index (χ1n) is 6.85. The summed E-state index contributed by atoms with van der Waals surface area (Å²) in [6.07, 6.45) is 0. The first-order valence-corrected chi connectivity index (χ1v) is 6.85. The van der Waals surface area contributed by atoms with Gasteiger partial charge < -0.3 is 5.32 Å². The maximum atomic E-state index is 4.74. The van der Waals surface area contributed by atoms with Crippen LogP contribution in [0.1, 0.15) is 16.7 Å². The van der Waals surface area contributed by atoms with Crippen LogP contribution in [0.5, 0.6) is 0 Å². The molecule has 0 saturated carbocycles. The van der Waals surface area contributed by atoms with Gasteiger partial charge in [-0.2, -0.15) is 0 Å². The predicted octanol–water partition coefficient (Wildman–Crippen LogP) is 4.90. The first-order chi connectivity index (χ1) is 9.65. The third-order valence-electron chi connectivity index (χ3n) is 3.77. The summed E-state index contributed by atoms with van der Waals surface area (Å²) in [5.41, 5.74) is 5.84. The molecule has 0 atom stereocenters. The summed E-state index contributed by atoms with van der Waals surface area (Å²) < 4.78 is 0. The van der Waals surface area contributed by atoms with Gasteiger partial charge in [0.2, 0.25) is 0 Å². The Morgan fingerprint density at radius 1 is 0.800 bits per heavy atom.